The molecule has 0 aliphatic carbocycles. The van der Waals surface area contributed by atoms with Crippen molar-refractivity contribution in [1.29, 1.82) is 0 Å². The summed E-state index contributed by atoms with van der Waals surface area (Å²) in [6.07, 6.45) is 3.04. The summed E-state index contributed by atoms with van der Waals surface area (Å²) in [6.45, 7) is 2.10. The van der Waals surface area contributed by atoms with Gasteiger partial charge in [0, 0.05) is 12.3 Å². The Hall–Kier alpha value is -1.41. The van der Waals surface area contributed by atoms with E-state index in [0.29, 0.717) is 0 Å². The molecule has 0 radical (unpaired) electrons. The quantitative estimate of drug-likeness (QED) is 0.266. The average molecular weight is 164 g/mol. The van der Waals surface area contributed by atoms with E-state index in [4.69, 9.17) is 0 Å². The van der Waals surface area contributed by atoms with Crippen molar-refractivity contribution in [2.24, 2.45) is 0 Å². The van der Waals surface area contributed by atoms with Crippen LogP contribution in [0.2, 0.25) is 0 Å². The molecule has 0 spiro atoms. The first-order valence-corrected chi connectivity index (χ1v) is 3.88. The van der Waals surface area contributed by atoms with Gasteiger partial charge in [-0.15, -0.1) is 0 Å². The Bertz CT molecular complexity index is 244. The van der Waals surface area contributed by atoms with E-state index >= 15 is 0 Å². The third kappa shape index (κ3) is 6.71. The molecule has 0 fully saturated rings. The zero-order valence-corrected chi connectivity index (χ0v) is 7.44. The molecule has 0 N–H and O–H groups in total. The van der Waals surface area contributed by atoms with Crippen molar-refractivity contribution in [3.8, 4) is 23.7 Å². The Morgan fingerprint density at radius 3 is 2.75 bits per heavy atom. The number of hydrogen-bond acceptors (Lipinski definition) is 2. The number of methoxy groups -OCH3 is 1. The standard InChI is InChI=1S/C10H12O2/c1-3-4-5-6-7-8-9-10(11)12-2/h3-5H2,1-2H3. The first-order chi connectivity index (χ1) is 5.81. The lowest BCUT2D eigenvalue weighted by molar-refractivity contribution is -0.133. The topological polar surface area (TPSA) is 26.3 Å². The van der Waals surface area contributed by atoms with Gasteiger partial charge >= 0.3 is 5.97 Å². The van der Waals surface area contributed by atoms with Crippen LogP contribution in [0, 0.1) is 23.7 Å². The monoisotopic (exact) mass is 164 g/mol. The molecule has 0 aliphatic heterocycles. The molecule has 0 aromatic rings. The molecule has 0 bridgehead atoms. The van der Waals surface area contributed by atoms with E-state index in [0.717, 1.165) is 19.3 Å². The minimum Gasteiger partial charge on any atom is -0.459 e. The molecule has 0 saturated carbocycles. The molecule has 0 aromatic heterocycles. The molecule has 0 unspecified atom stereocenters. The third-order valence-electron chi connectivity index (χ3n) is 1.16. The van der Waals surface area contributed by atoms with Crippen molar-refractivity contribution in [3.05, 3.63) is 0 Å². The predicted molar refractivity (Wildman–Crippen MR) is 47.1 cm³/mol. The maximum atomic E-state index is 10.4. The zero-order chi connectivity index (χ0) is 9.23. The number of ether oxygens (including phenoxy) is 1. The second kappa shape index (κ2) is 7.69. The Labute approximate surface area is 73.3 Å². The van der Waals surface area contributed by atoms with Crippen molar-refractivity contribution < 1.29 is 9.53 Å². The van der Waals surface area contributed by atoms with E-state index in [1.165, 1.54) is 7.11 Å². The molecular weight excluding hydrogens is 152 g/mol. The van der Waals surface area contributed by atoms with Crippen LogP contribution in [-0.4, -0.2) is 13.1 Å². The van der Waals surface area contributed by atoms with Crippen molar-refractivity contribution in [2.75, 3.05) is 7.11 Å². The van der Waals surface area contributed by atoms with E-state index in [2.05, 4.69) is 35.3 Å². The van der Waals surface area contributed by atoms with Gasteiger partial charge in [-0.1, -0.05) is 19.3 Å². The van der Waals surface area contributed by atoms with Crippen LogP contribution in [0.3, 0.4) is 0 Å². The molecule has 2 heteroatoms. The van der Waals surface area contributed by atoms with Crippen LogP contribution >= 0.6 is 0 Å². The normalized spacial score (nSPS) is 7.17. The highest BCUT2D eigenvalue weighted by Crippen LogP contribution is 1.89. The molecular formula is C10H12O2. The number of carbonyl (C=O) groups is 1. The number of hydrogen-bond donors (Lipinski definition) is 0. The maximum absolute atomic E-state index is 10.4. The number of rotatable bonds is 2. The highest BCUT2D eigenvalue weighted by molar-refractivity contribution is 5.88. The lowest BCUT2D eigenvalue weighted by Gasteiger charge is -1.82. The fourth-order valence-electron chi connectivity index (χ4n) is 0.505. The van der Waals surface area contributed by atoms with Crippen molar-refractivity contribution in [3.63, 3.8) is 0 Å². The fourth-order valence-corrected chi connectivity index (χ4v) is 0.505. The summed E-state index contributed by atoms with van der Waals surface area (Å²) < 4.78 is 4.30. The van der Waals surface area contributed by atoms with Crippen molar-refractivity contribution in [2.45, 2.75) is 26.2 Å². The lowest BCUT2D eigenvalue weighted by atomic mass is 10.2. The molecule has 0 rings (SSSR count). The zero-order valence-electron chi connectivity index (χ0n) is 7.44. The molecule has 2 nitrogen and oxygen atoms in total. The summed E-state index contributed by atoms with van der Waals surface area (Å²) in [6, 6.07) is 0. The Morgan fingerprint density at radius 2 is 2.17 bits per heavy atom. The third-order valence-corrected chi connectivity index (χ3v) is 1.16. The highest BCUT2D eigenvalue weighted by Gasteiger charge is 1.85. The summed E-state index contributed by atoms with van der Waals surface area (Å²) >= 11 is 0. The van der Waals surface area contributed by atoms with Crippen LogP contribution in [0.4, 0.5) is 0 Å². The summed E-state index contributed by atoms with van der Waals surface area (Å²) in [5, 5.41) is 0. The van der Waals surface area contributed by atoms with E-state index in [9.17, 15) is 4.79 Å². The van der Waals surface area contributed by atoms with Gasteiger partial charge in [-0.2, -0.15) is 0 Å². The van der Waals surface area contributed by atoms with Gasteiger partial charge in [-0.3, -0.25) is 0 Å². The van der Waals surface area contributed by atoms with Gasteiger partial charge in [0.25, 0.3) is 0 Å². The highest BCUT2D eigenvalue weighted by atomic mass is 16.5. The summed E-state index contributed by atoms with van der Waals surface area (Å²) in [5.41, 5.74) is 0. The van der Waals surface area contributed by atoms with Gasteiger partial charge in [-0.05, 0) is 18.3 Å². The number of esters is 1. The van der Waals surface area contributed by atoms with Crippen molar-refractivity contribution >= 4 is 5.97 Å². The Morgan fingerprint density at radius 1 is 1.42 bits per heavy atom. The van der Waals surface area contributed by atoms with Crippen LogP contribution in [-0.2, 0) is 9.53 Å². The molecule has 12 heavy (non-hydrogen) atoms. The molecule has 0 aromatic carbocycles. The first-order valence-electron chi connectivity index (χ1n) is 3.88. The number of carbonyl (C=O) groups excluding carboxylic acids is 1. The van der Waals surface area contributed by atoms with E-state index < -0.39 is 5.97 Å². The predicted octanol–water partition coefficient (Wildman–Crippen LogP) is 1.36. The Kier molecular flexibility index (Phi) is 6.79. The summed E-state index contributed by atoms with van der Waals surface area (Å²) in [7, 11) is 1.29. The van der Waals surface area contributed by atoms with Crippen LogP contribution < -0.4 is 0 Å². The number of unbranched alkanes of at least 4 members (excludes halogenated alkanes) is 2. The second-order valence-electron chi connectivity index (χ2n) is 2.15. The molecule has 0 saturated heterocycles. The van der Waals surface area contributed by atoms with E-state index in [1.807, 2.05) is 0 Å². The van der Waals surface area contributed by atoms with Crippen molar-refractivity contribution in [1.82, 2.24) is 0 Å². The first kappa shape index (κ1) is 10.6. The SMILES string of the molecule is CCCCC#CC#CC(=O)OC. The Balaban J connectivity index is 3.66. The minimum absolute atomic E-state index is 0.542. The average Bonchev–Trinajstić information content (AvgIpc) is 2.10. The molecule has 0 amide bonds. The fraction of sp³-hybridized carbons (Fsp3) is 0.500. The van der Waals surface area contributed by atoms with E-state index in [1.54, 1.807) is 0 Å². The van der Waals surface area contributed by atoms with Crippen LogP contribution in [0.25, 0.3) is 0 Å². The lowest BCUT2D eigenvalue weighted by Crippen LogP contribution is -1.93. The van der Waals surface area contributed by atoms with Gasteiger partial charge in [0.15, 0.2) is 0 Å². The van der Waals surface area contributed by atoms with Gasteiger partial charge in [-0.25, -0.2) is 4.79 Å². The summed E-state index contributed by atoms with van der Waals surface area (Å²) in [4.78, 5) is 10.4. The smallest absolute Gasteiger partial charge is 0.385 e. The second-order valence-corrected chi connectivity index (χ2v) is 2.15. The molecule has 0 aliphatic rings. The largest absolute Gasteiger partial charge is 0.459 e. The molecule has 0 heterocycles. The molecule has 64 valence electrons. The van der Waals surface area contributed by atoms with Crippen LogP contribution in [0.5, 0.6) is 0 Å². The van der Waals surface area contributed by atoms with Crippen LogP contribution in [0.1, 0.15) is 26.2 Å². The van der Waals surface area contributed by atoms with Gasteiger partial charge in [0.2, 0.25) is 0 Å². The molecule has 0 atom stereocenters. The maximum Gasteiger partial charge on any atom is 0.385 e. The van der Waals surface area contributed by atoms with E-state index in [-0.39, 0.29) is 0 Å². The van der Waals surface area contributed by atoms with Gasteiger partial charge in [0.1, 0.15) is 0 Å². The van der Waals surface area contributed by atoms with Crippen LogP contribution in [0.15, 0.2) is 0 Å². The van der Waals surface area contributed by atoms with Gasteiger partial charge in [0.05, 0.1) is 7.11 Å². The van der Waals surface area contributed by atoms with Gasteiger partial charge < -0.3 is 4.74 Å². The summed E-state index contributed by atoms with van der Waals surface area (Å²) in [5.74, 6) is 9.50. The minimum atomic E-state index is -0.542.